The SMILES string of the molecule is COC(=O)N1C=CC(=C2C(=O)OC(C)(C)OC2=O)C=C1. The van der Waals surface area contributed by atoms with Crippen molar-refractivity contribution in [2.24, 2.45) is 0 Å². The second kappa shape index (κ2) is 4.84. The molecule has 1 fully saturated rings. The van der Waals surface area contributed by atoms with E-state index in [2.05, 4.69) is 4.74 Å². The van der Waals surface area contributed by atoms with Crippen LogP contribution < -0.4 is 0 Å². The van der Waals surface area contributed by atoms with E-state index >= 15 is 0 Å². The van der Waals surface area contributed by atoms with Crippen LogP contribution in [0.5, 0.6) is 0 Å². The van der Waals surface area contributed by atoms with E-state index in [1.807, 2.05) is 0 Å². The smallest absolute Gasteiger partial charge is 0.417 e. The van der Waals surface area contributed by atoms with Gasteiger partial charge in [-0.25, -0.2) is 14.4 Å². The van der Waals surface area contributed by atoms with Gasteiger partial charge >= 0.3 is 18.0 Å². The van der Waals surface area contributed by atoms with Gasteiger partial charge in [0.05, 0.1) is 7.11 Å². The largest absolute Gasteiger partial charge is 0.452 e. The van der Waals surface area contributed by atoms with Gasteiger partial charge in [-0.2, -0.15) is 0 Å². The van der Waals surface area contributed by atoms with Gasteiger partial charge in [-0.1, -0.05) is 0 Å². The van der Waals surface area contributed by atoms with Gasteiger partial charge in [0.25, 0.3) is 5.79 Å². The molecule has 0 N–H and O–H groups in total. The molecule has 0 aromatic carbocycles. The van der Waals surface area contributed by atoms with Gasteiger partial charge < -0.3 is 14.2 Å². The summed E-state index contributed by atoms with van der Waals surface area (Å²) in [5, 5.41) is 0. The lowest BCUT2D eigenvalue weighted by Crippen LogP contribution is -2.42. The highest BCUT2D eigenvalue weighted by molar-refractivity contribution is 6.16. The number of amides is 1. The van der Waals surface area contributed by atoms with Crippen molar-refractivity contribution >= 4 is 18.0 Å². The normalized spacial score (nSPS) is 20.6. The molecule has 0 aliphatic carbocycles. The molecule has 2 aliphatic rings. The standard InChI is InChI=1S/C13H13NO6/c1-13(2)19-10(15)9(11(16)20-13)8-4-6-14(7-5-8)12(17)18-3/h4-7H,1-3H3. The van der Waals surface area contributed by atoms with Crippen molar-refractivity contribution in [3.8, 4) is 0 Å². The van der Waals surface area contributed by atoms with Crippen LogP contribution in [0.3, 0.4) is 0 Å². The molecule has 7 nitrogen and oxygen atoms in total. The van der Waals surface area contributed by atoms with Crippen molar-refractivity contribution in [1.29, 1.82) is 0 Å². The lowest BCUT2D eigenvalue weighted by atomic mass is 10.1. The van der Waals surface area contributed by atoms with Gasteiger partial charge in [0, 0.05) is 26.2 Å². The Balaban J connectivity index is 2.28. The molecule has 2 rings (SSSR count). The summed E-state index contributed by atoms with van der Waals surface area (Å²) in [5.74, 6) is -2.80. The fourth-order valence-electron chi connectivity index (χ4n) is 1.71. The predicted molar refractivity (Wildman–Crippen MR) is 65.8 cm³/mol. The van der Waals surface area contributed by atoms with Crippen molar-refractivity contribution in [2.75, 3.05) is 7.11 Å². The van der Waals surface area contributed by atoms with Crippen LogP contribution in [0.1, 0.15) is 13.8 Å². The number of carbonyl (C=O) groups is 3. The van der Waals surface area contributed by atoms with Crippen molar-refractivity contribution in [3.05, 3.63) is 35.7 Å². The number of carbonyl (C=O) groups excluding carboxylic acids is 3. The Kier molecular flexibility index (Phi) is 3.35. The number of ether oxygens (including phenoxy) is 3. The molecule has 0 atom stereocenters. The van der Waals surface area contributed by atoms with E-state index < -0.39 is 23.8 Å². The molecule has 2 heterocycles. The molecule has 0 radical (unpaired) electrons. The van der Waals surface area contributed by atoms with Crippen LogP contribution >= 0.6 is 0 Å². The van der Waals surface area contributed by atoms with Crippen LogP contribution in [-0.2, 0) is 23.8 Å². The minimum atomic E-state index is -1.28. The van der Waals surface area contributed by atoms with Gasteiger partial charge in [0.1, 0.15) is 0 Å². The van der Waals surface area contributed by atoms with E-state index in [0.29, 0.717) is 5.57 Å². The van der Waals surface area contributed by atoms with Crippen molar-refractivity contribution in [2.45, 2.75) is 19.6 Å². The predicted octanol–water partition coefficient (Wildman–Crippen LogP) is 1.23. The van der Waals surface area contributed by atoms with Gasteiger partial charge in [-0.15, -0.1) is 0 Å². The number of cyclic esters (lactones) is 2. The first-order valence-corrected chi connectivity index (χ1v) is 5.78. The minimum absolute atomic E-state index is 0.207. The maximum atomic E-state index is 11.8. The van der Waals surface area contributed by atoms with E-state index in [-0.39, 0.29) is 5.57 Å². The first-order valence-electron chi connectivity index (χ1n) is 5.78. The van der Waals surface area contributed by atoms with E-state index in [9.17, 15) is 14.4 Å². The Morgan fingerprint density at radius 1 is 1.15 bits per heavy atom. The third-order valence-corrected chi connectivity index (χ3v) is 2.59. The molecule has 2 aliphatic heterocycles. The zero-order valence-corrected chi connectivity index (χ0v) is 11.2. The van der Waals surface area contributed by atoms with E-state index in [0.717, 1.165) is 4.90 Å². The molecular formula is C13H13NO6. The second-order valence-electron chi connectivity index (χ2n) is 4.52. The van der Waals surface area contributed by atoms with E-state index in [1.54, 1.807) is 0 Å². The summed E-state index contributed by atoms with van der Waals surface area (Å²) in [6, 6.07) is 0. The van der Waals surface area contributed by atoms with E-state index in [4.69, 9.17) is 9.47 Å². The molecule has 0 saturated carbocycles. The molecule has 20 heavy (non-hydrogen) atoms. The summed E-state index contributed by atoms with van der Waals surface area (Å²) in [5.41, 5.74) is 0.0944. The summed E-state index contributed by atoms with van der Waals surface area (Å²) in [6.07, 6.45) is 5.00. The van der Waals surface area contributed by atoms with Crippen molar-refractivity contribution in [1.82, 2.24) is 4.90 Å². The van der Waals surface area contributed by atoms with Crippen LogP contribution in [0.4, 0.5) is 4.79 Å². The average Bonchev–Trinajstić information content (AvgIpc) is 2.36. The third kappa shape index (κ3) is 2.56. The summed E-state index contributed by atoms with van der Waals surface area (Å²) < 4.78 is 14.5. The van der Waals surface area contributed by atoms with Crippen LogP contribution in [0.15, 0.2) is 35.7 Å². The highest BCUT2D eigenvalue weighted by atomic mass is 16.7. The molecule has 106 valence electrons. The maximum Gasteiger partial charge on any atom is 0.417 e. The minimum Gasteiger partial charge on any atom is -0.452 e. The van der Waals surface area contributed by atoms with Gasteiger partial charge in [0.15, 0.2) is 5.57 Å². The van der Waals surface area contributed by atoms with Crippen molar-refractivity contribution < 1.29 is 28.6 Å². The van der Waals surface area contributed by atoms with Crippen LogP contribution in [0, 0.1) is 0 Å². The first-order chi connectivity index (χ1) is 9.34. The Labute approximate surface area is 115 Å². The summed E-state index contributed by atoms with van der Waals surface area (Å²) in [4.78, 5) is 36.1. The number of methoxy groups -OCH3 is 1. The number of esters is 2. The first kappa shape index (κ1) is 13.9. The van der Waals surface area contributed by atoms with Gasteiger partial charge in [-0.05, 0) is 17.7 Å². The van der Waals surface area contributed by atoms with Crippen LogP contribution in [0.25, 0.3) is 0 Å². The average molecular weight is 279 g/mol. The monoisotopic (exact) mass is 279 g/mol. The topological polar surface area (TPSA) is 82.1 Å². The molecule has 0 bridgehead atoms. The summed E-state index contributed by atoms with van der Waals surface area (Å²) in [7, 11) is 1.25. The molecular weight excluding hydrogens is 266 g/mol. The Hall–Kier alpha value is -2.57. The zero-order valence-electron chi connectivity index (χ0n) is 11.2. The third-order valence-electron chi connectivity index (χ3n) is 2.59. The Bertz CT molecular complexity index is 531. The fourth-order valence-corrected chi connectivity index (χ4v) is 1.71. The van der Waals surface area contributed by atoms with Gasteiger partial charge in [-0.3, -0.25) is 4.90 Å². The number of hydrogen-bond acceptors (Lipinski definition) is 6. The number of hydrogen-bond donors (Lipinski definition) is 0. The second-order valence-corrected chi connectivity index (χ2v) is 4.52. The Morgan fingerprint density at radius 3 is 2.10 bits per heavy atom. The van der Waals surface area contributed by atoms with Crippen molar-refractivity contribution in [3.63, 3.8) is 0 Å². The highest BCUT2D eigenvalue weighted by Crippen LogP contribution is 2.26. The van der Waals surface area contributed by atoms with Gasteiger partial charge in [0.2, 0.25) is 0 Å². The quantitative estimate of drug-likeness (QED) is 0.377. The number of rotatable bonds is 0. The number of nitrogens with zero attached hydrogens (tertiary/aromatic N) is 1. The fraction of sp³-hybridized carbons (Fsp3) is 0.308. The lowest BCUT2D eigenvalue weighted by Gasteiger charge is -2.30. The molecule has 0 spiro atoms. The molecule has 1 saturated heterocycles. The Morgan fingerprint density at radius 2 is 1.65 bits per heavy atom. The molecule has 0 aromatic heterocycles. The van der Waals surface area contributed by atoms with Crippen LogP contribution in [0.2, 0.25) is 0 Å². The lowest BCUT2D eigenvalue weighted by molar-refractivity contribution is -0.222. The maximum absolute atomic E-state index is 11.8. The van der Waals surface area contributed by atoms with E-state index in [1.165, 1.54) is 45.5 Å². The zero-order chi connectivity index (χ0) is 14.9. The van der Waals surface area contributed by atoms with Crippen LogP contribution in [-0.4, -0.2) is 35.8 Å². The molecule has 0 unspecified atom stereocenters. The molecule has 0 aromatic rings. The molecule has 7 heteroatoms. The summed E-state index contributed by atoms with van der Waals surface area (Å²) >= 11 is 0. The summed E-state index contributed by atoms with van der Waals surface area (Å²) in [6.45, 7) is 2.94. The highest BCUT2D eigenvalue weighted by Gasteiger charge is 2.40. The number of allylic oxidation sites excluding steroid dienone is 3. The molecule has 1 amide bonds.